The number of imidazole rings is 1. The van der Waals surface area contributed by atoms with Gasteiger partial charge >= 0.3 is 0 Å². The molecule has 1 amide bonds. The molecule has 2 heterocycles. The lowest BCUT2D eigenvalue weighted by molar-refractivity contribution is -0.114. The molecule has 0 spiro atoms. The number of rotatable bonds is 5. The molecule has 4 aromatic rings. The lowest BCUT2D eigenvalue weighted by atomic mass is 10.3. The number of fused-ring (bicyclic) bond motifs is 1. The fourth-order valence-corrected chi connectivity index (χ4v) is 2.93. The number of anilines is 2. The molecule has 134 valence electrons. The minimum atomic E-state index is -0.183. The predicted octanol–water partition coefficient (Wildman–Crippen LogP) is 4.12. The number of halogens is 1. The average Bonchev–Trinajstić information content (AvgIpc) is 3.12. The van der Waals surface area contributed by atoms with Crippen molar-refractivity contribution < 1.29 is 4.79 Å². The minimum absolute atomic E-state index is 0.109. The molecule has 4 rings (SSSR count). The highest BCUT2D eigenvalue weighted by atomic mass is 35.5. The molecule has 2 aromatic heterocycles. The summed E-state index contributed by atoms with van der Waals surface area (Å²) in [5.41, 5.74) is 3.22. The number of carbonyl (C=O) groups is 1. The van der Waals surface area contributed by atoms with Crippen LogP contribution in [-0.4, -0.2) is 27.0 Å². The summed E-state index contributed by atoms with van der Waals surface area (Å²) in [4.78, 5) is 20.9. The highest BCUT2D eigenvalue weighted by molar-refractivity contribution is 6.33. The van der Waals surface area contributed by atoms with Crippen LogP contribution < -0.4 is 10.6 Å². The number of para-hydroxylation sites is 3. The molecule has 7 heteroatoms. The minimum Gasteiger partial charge on any atom is -0.375 e. The largest absolute Gasteiger partial charge is 0.375 e. The van der Waals surface area contributed by atoms with Crippen molar-refractivity contribution in [3.8, 4) is 5.82 Å². The number of nitrogens with one attached hydrogen (secondary N) is 2. The van der Waals surface area contributed by atoms with E-state index < -0.39 is 0 Å². The summed E-state index contributed by atoms with van der Waals surface area (Å²) in [6.07, 6.45) is 3.36. The summed E-state index contributed by atoms with van der Waals surface area (Å²) in [5, 5.41) is 6.39. The highest BCUT2D eigenvalue weighted by Crippen LogP contribution is 2.20. The fourth-order valence-electron chi connectivity index (χ4n) is 2.73. The molecule has 0 aliphatic heterocycles. The SMILES string of the molecule is O=C(CNc1ccccc1Cl)Nc1ccc(-n2cnc3ccccc32)nc1. The Morgan fingerprint density at radius 2 is 1.81 bits per heavy atom. The number of nitrogens with zero attached hydrogens (tertiary/aromatic N) is 3. The van der Waals surface area contributed by atoms with Crippen LogP contribution in [0, 0.1) is 0 Å². The summed E-state index contributed by atoms with van der Waals surface area (Å²) in [6, 6.07) is 18.8. The predicted molar refractivity (Wildman–Crippen MR) is 107 cm³/mol. The van der Waals surface area contributed by atoms with Gasteiger partial charge in [-0.15, -0.1) is 0 Å². The first-order valence-electron chi connectivity index (χ1n) is 8.37. The number of benzene rings is 2. The van der Waals surface area contributed by atoms with E-state index in [9.17, 15) is 4.79 Å². The van der Waals surface area contributed by atoms with E-state index >= 15 is 0 Å². The zero-order valence-electron chi connectivity index (χ0n) is 14.3. The first kappa shape index (κ1) is 17.1. The van der Waals surface area contributed by atoms with Gasteiger partial charge in [0.1, 0.15) is 12.1 Å². The molecule has 6 nitrogen and oxygen atoms in total. The second-order valence-electron chi connectivity index (χ2n) is 5.89. The van der Waals surface area contributed by atoms with Crippen molar-refractivity contribution in [2.75, 3.05) is 17.2 Å². The lowest BCUT2D eigenvalue weighted by Crippen LogP contribution is -2.22. The smallest absolute Gasteiger partial charge is 0.243 e. The summed E-state index contributed by atoms with van der Waals surface area (Å²) in [6.45, 7) is 0.109. The van der Waals surface area contributed by atoms with Gasteiger partial charge in [-0.05, 0) is 36.4 Å². The van der Waals surface area contributed by atoms with Gasteiger partial charge in [-0.1, -0.05) is 35.9 Å². The van der Waals surface area contributed by atoms with Crippen molar-refractivity contribution in [3.05, 3.63) is 78.2 Å². The lowest BCUT2D eigenvalue weighted by Gasteiger charge is -2.09. The molecule has 0 aliphatic rings. The normalized spacial score (nSPS) is 10.7. The molecule has 2 aromatic carbocycles. The van der Waals surface area contributed by atoms with E-state index in [1.165, 1.54) is 0 Å². The number of hydrogen-bond acceptors (Lipinski definition) is 4. The highest BCUT2D eigenvalue weighted by Gasteiger charge is 2.07. The van der Waals surface area contributed by atoms with E-state index in [4.69, 9.17) is 11.6 Å². The molecule has 0 fully saturated rings. The standard InChI is InChI=1S/C20H16ClN5O/c21-15-5-1-2-6-16(15)22-12-20(27)25-14-9-10-19(23-11-14)26-13-24-17-7-3-4-8-18(17)26/h1-11,13,22H,12H2,(H,25,27). The average molecular weight is 378 g/mol. The number of amides is 1. The third kappa shape index (κ3) is 3.75. The molecular formula is C20H16ClN5O. The van der Waals surface area contributed by atoms with Crippen molar-refractivity contribution in [1.29, 1.82) is 0 Å². The Bertz CT molecular complexity index is 1090. The van der Waals surface area contributed by atoms with E-state index in [0.29, 0.717) is 10.7 Å². The maximum Gasteiger partial charge on any atom is 0.243 e. The van der Waals surface area contributed by atoms with E-state index in [0.717, 1.165) is 22.5 Å². The van der Waals surface area contributed by atoms with Crippen LogP contribution in [0.2, 0.25) is 5.02 Å². The van der Waals surface area contributed by atoms with E-state index in [-0.39, 0.29) is 12.5 Å². The van der Waals surface area contributed by atoms with Crippen LogP contribution in [0.15, 0.2) is 73.2 Å². The maximum atomic E-state index is 12.1. The topological polar surface area (TPSA) is 71.8 Å². The van der Waals surface area contributed by atoms with Crippen molar-refractivity contribution in [2.24, 2.45) is 0 Å². The Kier molecular flexibility index (Phi) is 4.72. The number of pyridine rings is 1. The van der Waals surface area contributed by atoms with Crippen LogP contribution in [0.25, 0.3) is 16.9 Å². The van der Waals surface area contributed by atoms with Gasteiger partial charge in [0.05, 0.1) is 40.2 Å². The molecule has 0 unspecified atom stereocenters. The van der Waals surface area contributed by atoms with Crippen molar-refractivity contribution in [3.63, 3.8) is 0 Å². The Labute approximate surface area is 160 Å². The zero-order valence-corrected chi connectivity index (χ0v) is 15.0. The molecule has 0 bridgehead atoms. The Morgan fingerprint density at radius 3 is 2.63 bits per heavy atom. The monoisotopic (exact) mass is 377 g/mol. The molecule has 0 radical (unpaired) electrons. The first-order valence-corrected chi connectivity index (χ1v) is 8.75. The first-order chi connectivity index (χ1) is 13.2. The quantitative estimate of drug-likeness (QED) is 0.548. The number of aromatic nitrogens is 3. The molecule has 27 heavy (non-hydrogen) atoms. The van der Waals surface area contributed by atoms with Gasteiger partial charge in [-0.3, -0.25) is 9.36 Å². The molecule has 0 aliphatic carbocycles. The van der Waals surface area contributed by atoms with Gasteiger partial charge in [0, 0.05) is 0 Å². The zero-order chi connectivity index (χ0) is 18.6. The molecular weight excluding hydrogens is 362 g/mol. The Morgan fingerprint density at radius 1 is 1.00 bits per heavy atom. The Hall–Kier alpha value is -3.38. The summed E-state index contributed by atoms with van der Waals surface area (Å²) < 4.78 is 1.90. The second kappa shape index (κ2) is 7.47. The van der Waals surface area contributed by atoms with E-state index in [1.54, 1.807) is 18.6 Å². The van der Waals surface area contributed by atoms with Crippen molar-refractivity contribution >= 4 is 39.9 Å². The van der Waals surface area contributed by atoms with Crippen molar-refractivity contribution in [2.45, 2.75) is 0 Å². The van der Waals surface area contributed by atoms with Gasteiger partial charge < -0.3 is 10.6 Å². The Balaban J connectivity index is 1.42. The van der Waals surface area contributed by atoms with Crippen molar-refractivity contribution in [1.82, 2.24) is 14.5 Å². The van der Waals surface area contributed by atoms with Crippen LogP contribution >= 0.6 is 11.6 Å². The number of hydrogen-bond donors (Lipinski definition) is 2. The summed E-state index contributed by atoms with van der Waals surface area (Å²) in [7, 11) is 0. The molecule has 0 saturated carbocycles. The van der Waals surface area contributed by atoms with Gasteiger partial charge in [-0.25, -0.2) is 9.97 Å². The van der Waals surface area contributed by atoms with Gasteiger partial charge in [0.2, 0.25) is 5.91 Å². The molecule has 0 atom stereocenters. The fraction of sp³-hybridized carbons (Fsp3) is 0.0500. The van der Waals surface area contributed by atoms with Gasteiger partial charge in [0.25, 0.3) is 0 Å². The van der Waals surface area contributed by atoms with E-state index in [1.807, 2.05) is 59.2 Å². The third-order valence-electron chi connectivity index (χ3n) is 4.05. The van der Waals surface area contributed by atoms with Crippen LogP contribution in [0.4, 0.5) is 11.4 Å². The molecule has 2 N–H and O–H groups in total. The van der Waals surface area contributed by atoms with Crippen LogP contribution in [0.5, 0.6) is 0 Å². The van der Waals surface area contributed by atoms with Crippen LogP contribution in [0.3, 0.4) is 0 Å². The van der Waals surface area contributed by atoms with Gasteiger partial charge in [-0.2, -0.15) is 0 Å². The summed E-state index contributed by atoms with van der Waals surface area (Å²) in [5.74, 6) is 0.549. The second-order valence-corrected chi connectivity index (χ2v) is 6.30. The van der Waals surface area contributed by atoms with Crippen LogP contribution in [0.1, 0.15) is 0 Å². The summed E-state index contributed by atoms with van der Waals surface area (Å²) >= 11 is 6.06. The third-order valence-corrected chi connectivity index (χ3v) is 4.37. The molecule has 0 saturated heterocycles. The van der Waals surface area contributed by atoms with Crippen LogP contribution in [-0.2, 0) is 4.79 Å². The maximum absolute atomic E-state index is 12.1. The number of carbonyl (C=O) groups excluding carboxylic acids is 1. The van der Waals surface area contributed by atoms with E-state index in [2.05, 4.69) is 20.6 Å². The van der Waals surface area contributed by atoms with Gasteiger partial charge in [0.15, 0.2) is 0 Å².